The van der Waals surface area contributed by atoms with E-state index in [4.69, 9.17) is 0 Å². The van der Waals surface area contributed by atoms with Crippen molar-refractivity contribution >= 4 is 16.9 Å². The average molecular weight is 260 g/mol. The van der Waals surface area contributed by atoms with E-state index in [0.29, 0.717) is 18.0 Å². The quantitative estimate of drug-likeness (QED) is 0.915. The van der Waals surface area contributed by atoms with Crippen molar-refractivity contribution in [2.45, 2.75) is 27.2 Å². The molecule has 1 N–H and O–H groups in total. The largest absolute Gasteiger partial charge is 0.352 e. The van der Waals surface area contributed by atoms with Gasteiger partial charge in [0, 0.05) is 25.2 Å². The number of nitrogens with one attached hydrogen (secondary N) is 1. The fourth-order valence-corrected chi connectivity index (χ4v) is 2.01. The second-order valence-corrected chi connectivity index (χ2v) is 5.24. The summed E-state index contributed by atoms with van der Waals surface area (Å²) in [6, 6.07) is 1.86. The third-order valence-electron chi connectivity index (χ3n) is 3.13. The number of nitrogens with zero attached hydrogens (tertiary/aromatic N) is 3. The van der Waals surface area contributed by atoms with Gasteiger partial charge in [-0.3, -0.25) is 9.48 Å². The zero-order chi connectivity index (χ0) is 14.0. The van der Waals surface area contributed by atoms with Crippen LogP contribution in [0.5, 0.6) is 0 Å². The van der Waals surface area contributed by atoms with Crippen LogP contribution < -0.4 is 5.32 Å². The molecule has 0 fully saturated rings. The first kappa shape index (κ1) is 13.5. The summed E-state index contributed by atoms with van der Waals surface area (Å²) in [5.74, 6) is 0.514. The predicted molar refractivity (Wildman–Crippen MR) is 75.0 cm³/mol. The van der Waals surface area contributed by atoms with Crippen LogP contribution in [0.3, 0.4) is 0 Å². The molecule has 0 aromatic carbocycles. The Hall–Kier alpha value is -1.91. The first-order valence-electron chi connectivity index (χ1n) is 6.56. The van der Waals surface area contributed by atoms with E-state index in [9.17, 15) is 4.79 Å². The molecular weight excluding hydrogens is 240 g/mol. The lowest BCUT2D eigenvalue weighted by atomic mass is 10.1. The molecular formula is C14H20N4O. The van der Waals surface area contributed by atoms with Gasteiger partial charge >= 0.3 is 0 Å². The second-order valence-electron chi connectivity index (χ2n) is 5.24. The summed E-state index contributed by atoms with van der Waals surface area (Å²) in [4.78, 5) is 16.3. The third kappa shape index (κ3) is 2.92. The van der Waals surface area contributed by atoms with E-state index in [1.807, 2.05) is 20.0 Å². The van der Waals surface area contributed by atoms with E-state index >= 15 is 0 Å². The molecule has 0 bridgehead atoms. The molecule has 0 aliphatic carbocycles. The maximum atomic E-state index is 12.0. The minimum absolute atomic E-state index is 0.0710. The molecule has 0 radical (unpaired) electrons. The molecule has 0 atom stereocenters. The summed E-state index contributed by atoms with van der Waals surface area (Å²) in [7, 11) is 1.85. The van der Waals surface area contributed by atoms with Gasteiger partial charge in [-0.25, -0.2) is 4.98 Å². The highest BCUT2D eigenvalue weighted by Crippen LogP contribution is 2.16. The van der Waals surface area contributed by atoms with Crippen LogP contribution in [0.4, 0.5) is 0 Å². The van der Waals surface area contributed by atoms with E-state index in [0.717, 1.165) is 23.1 Å². The highest BCUT2D eigenvalue weighted by Gasteiger charge is 2.11. The zero-order valence-electron chi connectivity index (χ0n) is 11.9. The zero-order valence-corrected chi connectivity index (χ0v) is 11.9. The van der Waals surface area contributed by atoms with E-state index in [2.05, 4.69) is 29.2 Å². The smallest absolute Gasteiger partial charge is 0.252 e. The van der Waals surface area contributed by atoms with Gasteiger partial charge in [-0.15, -0.1) is 0 Å². The van der Waals surface area contributed by atoms with Gasteiger partial charge in [0.1, 0.15) is 0 Å². The number of aromatic nitrogens is 3. The van der Waals surface area contributed by atoms with E-state index in [-0.39, 0.29) is 5.91 Å². The Morgan fingerprint density at radius 3 is 2.89 bits per heavy atom. The Kier molecular flexibility index (Phi) is 3.83. The molecule has 2 aromatic rings. The van der Waals surface area contributed by atoms with Crippen LogP contribution in [-0.2, 0) is 7.05 Å². The minimum atomic E-state index is -0.0710. The van der Waals surface area contributed by atoms with Crippen molar-refractivity contribution in [1.29, 1.82) is 0 Å². The van der Waals surface area contributed by atoms with Gasteiger partial charge in [-0.1, -0.05) is 13.8 Å². The number of carbonyl (C=O) groups is 1. The van der Waals surface area contributed by atoms with Crippen molar-refractivity contribution in [3.63, 3.8) is 0 Å². The molecule has 0 aliphatic rings. The van der Waals surface area contributed by atoms with Crippen molar-refractivity contribution in [2.24, 2.45) is 13.0 Å². The molecule has 2 aromatic heterocycles. The summed E-state index contributed by atoms with van der Waals surface area (Å²) in [5, 5.41) is 8.14. The number of carbonyl (C=O) groups excluding carboxylic acids is 1. The van der Waals surface area contributed by atoms with Crippen molar-refractivity contribution in [1.82, 2.24) is 20.1 Å². The SMILES string of the molecule is Cc1nn(C)c2ncc(C(=O)NCCC(C)C)cc12. The summed E-state index contributed by atoms with van der Waals surface area (Å²) < 4.78 is 1.73. The van der Waals surface area contributed by atoms with E-state index in [1.165, 1.54) is 0 Å². The molecule has 5 nitrogen and oxygen atoms in total. The number of fused-ring (bicyclic) bond motifs is 1. The lowest BCUT2D eigenvalue weighted by Gasteiger charge is -2.07. The van der Waals surface area contributed by atoms with E-state index < -0.39 is 0 Å². The number of rotatable bonds is 4. The van der Waals surface area contributed by atoms with Crippen LogP contribution in [0.1, 0.15) is 36.3 Å². The Labute approximate surface area is 113 Å². The van der Waals surface area contributed by atoms with Crippen LogP contribution in [0.15, 0.2) is 12.3 Å². The second kappa shape index (κ2) is 5.38. The average Bonchev–Trinajstić information content (AvgIpc) is 2.64. The molecule has 2 heterocycles. The highest BCUT2D eigenvalue weighted by atomic mass is 16.1. The van der Waals surface area contributed by atoms with Crippen molar-refractivity contribution in [2.75, 3.05) is 6.54 Å². The predicted octanol–water partition coefficient (Wildman–Crippen LogP) is 2.05. The molecule has 0 saturated heterocycles. The van der Waals surface area contributed by atoms with Crippen LogP contribution in [-0.4, -0.2) is 27.2 Å². The Balaban J connectivity index is 2.16. The monoisotopic (exact) mass is 260 g/mol. The van der Waals surface area contributed by atoms with Crippen LogP contribution in [0.25, 0.3) is 11.0 Å². The van der Waals surface area contributed by atoms with Gasteiger partial charge < -0.3 is 5.32 Å². The lowest BCUT2D eigenvalue weighted by molar-refractivity contribution is 0.0952. The molecule has 0 unspecified atom stereocenters. The summed E-state index contributed by atoms with van der Waals surface area (Å²) in [6.07, 6.45) is 2.58. The minimum Gasteiger partial charge on any atom is -0.352 e. The number of hydrogen-bond acceptors (Lipinski definition) is 3. The first-order chi connectivity index (χ1) is 8.99. The van der Waals surface area contributed by atoms with Crippen LogP contribution >= 0.6 is 0 Å². The number of aryl methyl sites for hydroxylation is 2. The Morgan fingerprint density at radius 2 is 2.21 bits per heavy atom. The lowest BCUT2D eigenvalue weighted by Crippen LogP contribution is -2.25. The standard InChI is InChI=1S/C14H20N4O/c1-9(2)5-6-15-14(19)11-7-12-10(3)17-18(4)13(12)16-8-11/h7-9H,5-6H2,1-4H3,(H,15,19). The van der Waals surface area contributed by atoms with Crippen LogP contribution in [0, 0.1) is 12.8 Å². The Bertz CT molecular complexity index is 601. The number of pyridine rings is 1. The summed E-state index contributed by atoms with van der Waals surface area (Å²) >= 11 is 0. The third-order valence-corrected chi connectivity index (χ3v) is 3.13. The molecule has 0 saturated carbocycles. The van der Waals surface area contributed by atoms with Crippen LogP contribution in [0.2, 0.25) is 0 Å². The normalized spacial score (nSPS) is 11.2. The first-order valence-corrected chi connectivity index (χ1v) is 6.56. The fourth-order valence-electron chi connectivity index (χ4n) is 2.01. The van der Waals surface area contributed by atoms with Gasteiger partial charge in [-0.05, 0) is 25.3 Å². The van der Waals surface area contributed by atoms with Gasteiger partial charge in [0.05, 0.1) is 11.3 Å². The molecule has 1 amide bonds. The van der Waals surface area contributed by atoms with Gasteiger partial charge in [0.25, 0.3) is 5.91 Å². The molecule has 0 aliphatic heterocycles. The Morgan fingerprint density at radius 1 is 1.47 bits per heavy atom. The maximum absolute atomic E-state index is 12.0. The molecule has 5 heteroatoms. The molecule has 19 heavy (non-hydrogen) atoms. The molecule has 102 valence electrons. The maximum Gasteiger partial charge on any atom is 0.252 e. The van der Waals surface area contributed by atoms with Crippen molar-refractivity contribution in [3.8, 4) is 0 Å². The van der Waals surface area contributed by atoms with E-state index in [1.54, 1.807) is 10.9 Å². The van der Waals surface area contributed by atoms with Gasteiger partial charge in [0.2, 0.25) is 0 Å². The summed E-state index contributed by atoms with van der Waals surface area (Å²) in [5.41, 5.74) is 2.28. The molecule has 0 spiro atoms. The van der Waals surface area contributed by atoms with Gasteiger partial charge in [0.15, 0.2) is 5.65 Å². The van der Waals surface area contributed by atoms with Gasteiger partial charge in [-0.2, -0.15) is 5.10 Å². The number of amides is 1. The topological polar surface area (TPSA) is 59.8 Å². The summed E-state index contributed by atoms with van der Waals surface area (Å²) in [6.45, 7) is 6.89. The number of hydrogen-bond donors (Lipinski definition) is 1. The molecule has 2 rings (SSSR count). The van der Waals surface area contributed by atoms with Crippen molar-refractivity contribution < 1.29 is 4.79 Å². The fraction of sp³-hybridized carbons (Fsp3) is 0.500. The highest BCUT2D eigenvalue weighted by molar-refractivity contribution is 5.97. The van der Waals surface area contributed by atoms with Crippen molar-refractivity contribution in [3.05, 3.63) is 23.5 Å².